The molecule has 2 rings (SSSR count). The number of alkyl halides is 1. The van der Waals surface area contributed by atoms with Crippen molar-refractivity contribution >= 4 is 28.6 Å². The zero-order valence-corrected chi connectivity index (χ0v) is 12.2. The molecule has 0 N–H and O–H groups in total. The van der Waals surface area contributed by atoms with Gasteiger partial charge < -0.3 is 14.2 Å². The zero-order valence-electron chi connectivity index (χ0n) is 10.0. The first-order valence-electron chi connectivity index (χ1n) is 5.73. The second-order valence-electron chi connectivity index (χ2n) is 4.05. The molecule has 1 fully saturated rings. The van der Waals surface area contributed by atoms with Crippen LogP contribution in [-0.2, 0) is 19.0 Å². The van der Waals surface area contributed by atoms with Crippen LogP contribution in [0, 0.1) is 0 Å². The van der Waals surface area contributed by atoms with Crippen molar-refractivity contribution in [2.45, 2.75) is 22.7 Å². The van der Waals surface area contributed by atoms with Gasteiger partial charge in [-0.1, -0.05) is 52.9 Å². The Kier molecular flexibility index (Phi) is 4.96. The average molecular weight is 362 g/mol. The van der Waals surface area contributed by atoms with E-state index in [1.165, 1.54) is 7.11 Å². The molecule has 0 aliphatic carbocycles. The summed E-state index contributed by atoms with van der Waals surface area (Å²) in [6, 6.07) is 9.72. The summed E-state index contributed by atoms with van der Waals surface area (Å²) < 4.78 is 16.3. The molecule has 1 saturated heterocycles. The molecule has 0 saturated carbocycles. The molecule has 18 heavy (non-hydrogen) atoms. The minimum Gasteiger partial charge on any atom is -0.469 e. The Morgan fingerprint density at radius 2 is 2.17 bits per heavy atom. The highest BCUT2D eigenvalue weighted by Crippen LogP contribution is 2.30. The summed E-state index contributed by atoms with van der Waals surface area (Å²) in [5.41, 5.74) is 0.968. The number of methoxy groups -OCH3 is 1. The third-order valence-electron chi connectivity index (χ3n) is 2.78. The SMILES string of the molecule is COC(=O)C[C@@H]1O[C@H](c2ccccc2)OC[C@@H]1I. The van der Waals surface area contributed by atoms with Crippen LogP contribution in [0.5, 0.6) is 0 Å². The van der Waals surface area contributed by atoms with Crippen LogP contribution in [0.1, 0.15) is 18.3 Å². The van der Waals surface area contributed by atoms with Crippen LogP contribution in [0.25, 0.3) is 0 Å². The number of esters is 1. The lowest BCUT2D eigenvalue weighted by Gasteiger charge is -2.33. The molecule has 4 nitrogen and oxygen atoms in total. The standard InChI is InChI=1S/C13H15IO4/c1-16-12(15)7-11-10(14)8-17-13(18-11)9-5-3-2-4-6-9/h2-6,10-11,13H,7-8H2,1H3/t10-,11-,13+/m0/s1. The molecule has 3 atom stereocenters. The molecule has 0 radical (unpaired) electrons. The van der Waals surface area contributed by atoms with Crippen molar-refractivity contribution < 1.29 is 19.0 Å². The van der Waals surface area contributed by atoms with Gasteiger partial charge in [-0.25, -0.2) is 0 Å². The van der Waals surface area contributed by atoms with Gasteiger partial charge in [-0.05, 0) is 0 Å². The highest BCUT2D eigenvalue weighted by atomic mass is 127. The Hall–Kier alpha value is -0.660. The molecule has 0 aromatic heterocycles. The molecule has 0 bridgehead atoms. The minimum absolute atomic E-state index is 0.154. The van der Waals surface area contributed by atoms with Gasteiger partial charge in [0.1, 0.15) is 0 Å². The third kappa shape index (κ3) is 3.43. The monoisotopic (exact) mass is 362 g/mol. The summed E-state index contributed by atoms with van der Waals surface area (Å²) in [7, 11) is 1.39. The molecule has 0 amide bonds. The van der Waals surface area contributed by atoms with E-state index in [-0.39, 0.29) is 22.4 Å². The van der Waals surface area contributed by atoms with Crippen molar-refractivity contribution in [2.75, 3.05) is 13.7 Å². The molecule has 1 aromatic rings. The van der Waals surface area contributed by atoms with Crippen LogP contribution in [0.15, 0.2) is 30.3 Å². The van der Waals surface area contributed by atoms with Crippen LogP contribution in [-0.4, -0.2) is 29.7 Å². The van der Waals surface area contributed by atoms with E-state index in [2.05, 4.69) is 27.3 Å². The summed E-state index contributed by atoms with van der Waals surface area (Å²) in [6.45, 7) is 0.571. The lowest BCUT2D eigenvalue weighted by molar-refractivity contribution is -0.214. The lowest BCUT2D eigenvalue weighted by Crippen LogP contribution is -2.38. The Bertz CT molecular complexity index is 395. The van der Waals surface area contributed by atoms with Gasteiger partial charge in [0.25, 0.3) is 0 Å². The van der Waals surface area contributed by atoms with Crippen LogP contribution in [0.3, 0.4) is 0 Å². The van der Waals surface area contributed by atoms with Gasteiger partial charge in [0.05, 0.1) is 30.2 Å². The Morgan fingerprint density at radius 1 is 1.44 bits per heavy atom. The normalized spacial score (nSPS) is 27.8. The highest BCUT2D eigenvalue weighted by Gasteiger charge is 2.32. The number of benzene rings is 1. The maximum atomic E-state index is 11.3. The molecule has 1 aliphatic rings. The Balaban J connectivity index is 2.02. The maximum Gasteiger partial charge on any atom is 0.308 e. The van der Waals surface area contributed by atoms with Gasteiger partial charge in [-0.15, -0.1) is 0 Å². The molecule has 1 aliphatic heterocycles. The summed E-state index contributed by atoms with van der Waals surface area (Å²) in [5, 5.41) is 0. The first-order chi connectivity index (χ1) is 8.70. The number of rotatable bonds is 3. The number of carbonyl (C=O) groups is 1. The topological polar surface area (TPSA) is 44.8 Å². The number of ether oxygens (including phenoxy) is 3. The van der Waals surface area contributed by atoms with E-state index in [9.17, 15) is 4.79 Å². The predicted octanol–water partition coefficient (Wildman–Crippen LogP) is 2.47. The first-order valence-corrected chi connectivity index (χ1v) is 6.98. The van der Waals surface area contributed by atoms with E-state index in [0.29, 0.717) is 6.61 Å². The second-order valence-corrected chi connectivity index (χ2v) is 5.65. The van der Waals surface area contributed by atoms with Crippen molar-refractivity contribution in [2.24, 2.45) is 0 Å². The molecular formula is C13H15IO4. The van der Waals surface area contributed by atoms with Gasteiger partial charge >= 0.3 is 5.97 Å². The maximum absolute atomic E-state index is 11.3. The molecular weight excluding hydrogens is 347 g/mol. The summed E-state index contributed by atoms with van der Waals surface area (Å²) >= 11 is 2.24. The number of hydrogen-bond acceptors (Lipinski definition) is 4. The number of hydrogen-bond donors (Lipinski definition) is 0. The van der Waals surface area contributed by atoms with Gasteiger partial charge in [-0.2, -0.15) is 0 Å². The summed E-state index contributed by atoms with van der Waals surface area (Å²) in [4.78, 5) is 11.3. The van der Waals surface area contributed by atoms with Crippen LogP contribution in [0.2, 0.25) is 0 Å². The smallest absolute Gasteiger partial charge is 0.308 e. The average Bonchev–Trinajstić information content (AvgIpc) is 2.42. The Morgan fingerprint density at radius 3 is 2.83 bits per heavy atom. The first kappa shape index (κ1) is 13.8. The van der Waals surface area contributed by atoms with Gasteiger partial charge in [0, 0.05) is 5.56 Å². The van der Waals surface area contributed by atoms with E-state index in [1.54, 1.807) is 0 Å². The van der Waals surface area contributed by atoms with Gasteiger partial charge in [-0.3, -0.25) is 4.79 Å². The zero-order chi connectivity index (χ0) is 13.0. The number of halogens is 1. The van der Waals surface area contributed by atoms with Crippen molar-refractivity contribution in [1.29, 1.82) is 0 Å². The number of carbonyl (C=O) groups excluding carboxylic acids is 1. The fourth-order valence-corrected chi connectivity index (χ4v) is 2.41. The Labute approximate surface area is 120 Å². The van der Waals surface area contributed by atoms with Crippen molar-refractivity contribution in [1.82, 2.24) is 0 Å². The molecule has 98 valence electrons. The van der Waals surface area contributed by atoms with Crippen molar-refractivity contribution in [3.05, 3.63) is 35.9 Å². The molecule has 0 spiro atoms. The molecule has 1 heterocycles. The van der Waals surface area contributed by atoms with E-state index in [1.807, 2.05) is 30.3 Å². The second kappa shape index (κ2) is 6.49. The van der Waals surface area contributed by atoms with E-state index in [4.69, 9.17) is 9.47 Å². The van der Waals surface area contributed by atoms with E-state index >= 15 is 0 Å². The van der Waals surface area contributed by atoms with Crippen molar-refractivity contribution in [3.8, 4) is 0 Å². The van der Waals surface area contributed by atoms with E-state index in [0.717, 1.165) is 5.56 Å². The van der Waals surface area contributed by atoms with Gasteiger partial charge in [0.15, 0.2) is 6.29 Å². The summed E-state index contributed by atoms with van der Waals surface area (Å²) in [5.74, 6) is -0.254. The molecule has 0 unspecified atom stereocenters. The van der Waals surface area contributed by atoms with Crippen LogP contribution in [0.4, 0.5) is 0 Å². The van der Waals surface area contributed by atoms with Crippen LogP contribution >= 0.6 is 22.6 Å². The van der Waals surface area contributed by atoms with Crippen molar-refractivity contribution in [3.63, 3.8) is 0 Å². The van der Waals surface area contributed by atoms with Gasteiger partial charge in [0.2, 0.25) is 0 Å². The predicted molar refractivity (Wildman–Crippen MR) is 74.4 cm³/mol. The van der Waals surface area contributed by atoms with Crippen LogP contribution < -0.4 is 0 Å². The quantitative estimate of drug-likeness (QED) is 0.471. The fraction of sp³-hybridized carbons (Fsp3) is 0.462. The highest BCUT2D eigenvalue weighted by molar-refractivity contribution is 14.1. The molecule has 1 aromatic carbocycles. The lowest BCUT2D eigenvalue weighted by atomic mass is 10.1. The summed E-state index contributed by atoms with van der Waals surface area (Å²) in [6.07, 6.45) is -0.305. The van der Waals surface area contributed by atoms with E-state index < -0.39 is 6.29 Å². The molecule has 5 heteroatoms. The minimum atomic E-state index is -0.396. The largest absolute Gasteiger partial charge is 0.469 e. The fourth-order valence-electron chi connectivity index (χ4n) is 1.78. The third-order valence-corrected chi connectivity index (χ3v) is 3.94.